The average molecular weight is 403 g/mol. The van der Waals surface area contributed by atoms with Crippen LogP contribution in [-0.2, 0) is 4.79 Å². The van der Waals surface area contributed by atoms with E-state index < -0.39 is 18.1 Å². The minimum atomic E-state index is -0.874. The summed E-state index contributed by atoms with van der Waals surface area (Å²) >= 11 is 0. The third kappa shape index (κ3) is 7.03. The highest BCUT2D eigenvalue weighted by Gasteiger charge is 2.21. The van der Waals surface area contributed by atoms with Gasteiger partial charge in [-0.1, -0.05) is 19.1 Å². The summed E-state index contributed by atoms with van der Waals surface area (Å²) in [5.74, 6) is -0.610. The molecule has 0 saturated carbocycles. The molecule has 29 heavy (non-hydrogen) atoms. The SMILES string of the molecule is CC/C=C(/C(N)=O)C(=NC(CO)C(C)O)c1cc(/C(C)=C/C=C(\C)N(C)C)c[nH]1. The number of carbonyl (C=O) groups excluding carboxylic acids is 1. The Morgan fingerprint density at radius 1 is 1.34 bits per heavy atom. The lowest BCUT2D eigenvalue weighted by molar-refractivity contribution is -0.114. The number of rotatable bonds is 10. The predicted octanol–water partition coefficient (Wildman–Crippen LogP) is 2.24. The van der Waals surface area contributed by atoms with Crippen LogP contribution in [0.25, 0.3) is 5.57 Å². The molecule has 0 aliphatic rings. The molecule has 160 valence electrons. The number of H-pyrrole nitrogens is 1. The van der Waals surface area contributed by atoms with Crippen LogP contribution in [0.2, 0.25) is 0 Å². The normalized spacial score (nSPS) is 16.0. The maximum atomic E-state index is 12.0. The zero-order valence-electron chi connectivity index (χ0n) is 18.2. The van der Waals surface area contributed by atoms with Crippen LogP contribution in [0.15, 0.2) is 46.8 Å². The number of aliphatic imine (C=N–C) groups is 1. The Labute approximate surface area is 173 Å². The van der Waals surface area contributed by atoms with E-state index in [1.54, 1.807) is 13.0 Å². The number of nitrogens with zero attached hydrogens (tertiary/aromatic N) is 2. The van der Waals surface area contributed by atoms with E-state index in [4.69, 9.17) is 5.73 Å². The highest BCUT2D eigenvalue weighted by molar-refractivity contribution is 6.27. The van der Waals surface area contributed by atoms with Crippen molar-refractivity contribution in [1.29, 1.82) is 0 Å². The Kier molecular flexibility index (Phi) is 9.58. The van der Waals surface area contributed by atoms with Crippen molar-refractivity contribution in [1.82, 2.24) is 9.88 Å². The monoisotopic (exact) mass is 402 g/mol. The van der Waals surface area contributed by atoms with Crippen molar-refractivity contribution in [3.63, 3.8) is 0 Å². The molecule has 1 rings (SSSR count). The molecule has 2 atom stereocenters. The average Bonchev–Trinajstić information content (AvgIpc) is 3.14. The van der Waals surface area contributed by atoms with Crippen molar-refractivity contribution in [2.45, 2.75) is 46.3 Å². The number of amides is 1. The number of hydrogen-bond donors (Lipinski definition) is 4. The highest BCUT2D eigenvalue weighted by Crippen LogP contribution is 2.19. The van der Waals surface area contributed by atoms with Gasteiger partial charge in [-0.25, -0.2) is 0 Å². The first kappa shape index (κ1) is 24.4. The summed E-state index contributed by atoms with van der Waals surface area (Å²) in [6.45, 7) is 7.11. The minimum absolute atomic E-state index is 0.255. The number of allylic oxidation sites excluding steroid dienone is 5. The third-order valence-corrected chi connectivity index (χ3v) is 4.64. The van der Waals surface area contributed by atoms with Crippen LogP contribution in [0.1, 0.15) is 45.4 Å². The number of aromatic amines is 1. The summed E-state index contributed by atoms with van der Waals surface area (Å²) in [5, 5.41) is 19.5. The second kappa shape index (κ2) is 11.4. The molecule has 5 N–H and O–H groups in total. The van der Waals surface area contributed by atoms with Crippen LogP contribution in [-0.4, -0.2) is 64.6 Å². The molecule has 0 spiro atoms. The summed E-state index contributed by atoms with van der Waals surface area (Å²) < 4.78 is 0. The Bertz CT molecular complexity index is 814. The standard InChI is InChI=1S/C22H34N4O3/c1-7-8-18(22(23)29)21(25-20(13-27)16(4)28)19-11-17(12-24-19)14(2)9-10-15(3)26(5)6/h8-12,16,20,24,27-28H,7,13H2,1-6H3,(H2,23,29)/b14-9+,15-10+,18-8+,25-21?. The minimum Gasteiger partial charge on any atom is -0.394 e. The van der Waals surface area contributed by atoms with Crippen LogP contribution in [0.5, 0.6) is 0 Å². The molecule has 0 aliphatic carbocycles. The first-order valence-corrected chi connectivity index (χ1v) is 9.71. The molecular weight excluding hydrogens is 368 g/mol. The van der Waals surface area contributed by atoms with E-state index >= 15 is 0 Å². The molecule has 0 bridgehead atoms. The van der Waals surface area contributed by atoms with E-state index in [0.717, 1.165) is 16.8 Å². The number of aliphatic hydroxyl groups excluding tert-OH is 2. The topological polar surface area (TPSA) is 115 Å². The van der Waals surface area contributed by atoms with Crippen LogP contribution in [0, 0.1) is 0 Å². The Morgan fingerprint density at radius 3 is 2.48 bits per heavy atom. The van der Waals surface area contributed by atoms with Crippen molar-refractivity contribution < 1.29 is 15.0 Å². The van der Waals surface area contributed by atoms with Crippen LogP contribution in [0.3, 0.4) is 0 Å². The zero-order valence-corrected chi connectivity index (χ0v) is 18.2. The number of aromatic nitrogens is 1. The van der Waals surface area contributed by atoms with Crippen molar-refractivity contribution in [2.75, 3.05) is 20.7 Å². The van der Waals surface area contributed by atoms with Gasteiger partial charge >= 0.3 is 0 Å². The first-order chi connectivity index (χ1) is 13.6. The van der Waals surface area contributed by atoms with E-state index in [2.05, 4.69) is 9.98 Å². The number of nitrogens with two attached hydrogens (primary N) is 1. The molecule has 1 amide bonds. The van der Waals surface area contributed by atoms with Gasteiger partial charge in [0, 0.05) is 26.0 Å². The molecule has 1 aromatic rings. The lowest BCUT2D eigenvalue weighted by atomic mass is 10.0. The van der Waals surface area contributed by atoms with Crippen molar-refractivity contribution in [2.24, 2.45) is 10.7 Å². The van der Waals surface area contributed by atoms with Gasteiger partial charge in [0.25, 0.3) is 5.91 Å². The summed E-state index contributed by atoms with van der Waals surface area (Å²) in [4.78, 5) is 21.7. The summed E-state index contributed by atoms with van der Waals surface area (Å²) in [7, 11) is 3.97. The van der Waals surface area contributed by atoms with Gasteiger partial charge in [0.2, 0.25) is 0 Å². The quantitative estimate of drug-likeness (QED) is 0.273. The fourth-order valence-electron chi connectivity index (χ4n) is 2.52. The lowest BCUT2D eigenvalue weighted by Gasteiger charge is -2.16. The Hall–Kier alpha value is -2.64. The van der Waals surface area contributed by atoms with Gasteiger partial charge in [0.15, 0.2) is 0 Å². The van der Waals surface area contributed by atoms with Crippen LogP contribution >= 0.6 is 0 Å². The highest BCUT2D eigenvalue weighted by atomic mass is 16.3. The van der Waals surface area contributed by atoms with Gasteiger partial charge in [-0.15, -0.1) is 0 Å². The fourth-order valence-corrected chi connectivity index (χ4v) is 2.52. The Morgan fingerprint density at radius 2 is 2.00 bits per heavy atom. The summed E-state index contributed by atoms with van der Waals surface area (Å²) in [6.07, 6.45) is 7.29. The van der Waals surface area contributed by atoms with Crippen molar-refractivity contribution in [3.8, 4) is 0 Å². The number of nitrogens with one attached hydrogen (secondary N) is 1. The van der Waals surface area contributed by atoms with E-state index in [9.17, 15) is 15.0 Å². The molecule has 7 heteroatoms. The van der Waals surface area contributed by atoms with Gasteiger partial charge < -0.3 is 25.8 Å². The van der Waals surface area contributed by atoms with Crippen LogP contribution in [0.4, 0.5) is 0 Å². The van der Waals surface area contributed by atoms with Gasteiger partial charge in [-0.05, 0) is 50.5 Å². The third-order valence-electron chi connectivity index (χ3n) is 4.64. The number of aliphatic hydroxyl groups is 2. The van der Waals surface area contributed by atoms with Gasteiger partial charge in [0.05, 0.1) is 35.7 Å². The molecule has 0 aliphatic heterocycles. The molecular formula is C22H34N4O3. The van der Waals surface area contributed by atoms with Crippen molar-refractivity contribution >= 4 is 17.2 Å². The van der Waals surface area contributed by atoms with Gasteiger partial charge in [0.1, 0.15) is 0 Å². The van der Waals surface area contributed by atoms with E-state index in [1.165, 1.54) is 0 Å². The molecule has 0 radical (unpaired) electrons. The molecule has 0 saturated heterocycles. The molecule has 2 unspecified atom stereocenters. The van der Waals surface area contributed by atoms with Gasteiger partial charge in [-0.3, -0.25) is 9.79 Å². The molecule has 1 aromatic heterocycles. The van der Waals surface area contributed by atoms with E-state index in [0.29, 0.717) is 17.8 Å². The molecule has 0 fully saturated rings. The maximum Gasteiger partial charge on any atom is 0.250 e. The largest absolute Gasteiger partial charge is 0.394 e. The molecule has 7 nitrogen and oxygen atoms in total. The smallest absolute Gasteiger partial charge is 0.250 e. The Balaban J connectivity index is 3.44. The second-order valence-electron chi connectivity index (χ2n) is 7.21. The summed E-state index contributed by atoms with van der Waals surface area (Å²) in [6, 6.07) is 1.12. The van der Waals surface area contributed by atoms with E-state index in [1.807, 2.05) is 64.2 Å². The zero-order chi connectivity index (χ0) is 22.1. The molecule has 1 heterocycles. The second-order valence-corrected chi connectivity index (χ2v) is 7.21. The maximum absolute atomic E-state index is 12.0. The predicted molar refractivity (Wildman–Crippen MR) is 119 cm³/mol. The lowest BCUT2D eigenvalue weighted by Crippen LogP contribution is -2.29. The fraction of sp³-hybridized carbons (Fsp3) is 0.455. The molecule has 0 aromatic carbocycles. The number of carbonyl (C=O) groups is 1. The van der Waals surface area contributed by atoms with E-state index in [-0.39, 0.29) is 12.2 Å². The number of primary amides is 1. The summed E-state index contributed by atoms with van der Waals surface area (Å²) in [5.41, 5.74) is 9.85. The van der Waals surface area contributed by atoms with Crippen molar-refractivity contribution in [3.05, 3.63) is 53.0 Å². The number of hydrogen-bond acceptors (Lipinski definition) is 5. The van der Waals surface area contributed by atoms with Gasteiger partial charge in [-0.2, -0.15) is 0 Å². The van der Waals surface area contributed by atoms with Crippen LogP contribution < -0.4 is 5.73 Å². The first-order valence-electron chi connectivity index (χ1n) is 9.71.